The smallest absolute Gasteiger partial charge is 0.148 e. The highest BCUT2D eigenvalue weighted by Gasteiger charge is 2.20. The van der Waals surface area contributed by atoms with E-state index in [1.54, 1.807) is 0 Å². The summed E-state index contributed by atoms with van der Waals surface area (Å²) in [6.45, 7) is 5.28. The average molecular weight is 206 g/mol. The third kappa shape index (κ3) is 2.65. The van der Waals surface area contributed by atoms with Crippen molar-refractivity contribution in [3.8, 4) is 0 Å². The van der Waals surface area contributed by atoms with E-state index in [9.17, 15) is 0 Å². The molecular weight excluding hydrogens is 188 g/mol. The molecule has 0 amide bonds. The zero-order valence-electron chi connectivity index (χ0n) is 9.33. The van der Waals surface area contributed by atoms with Crippen LogP contribution in [-0.4, -0.2) is 28.8 Å². The van der Waals surface area contributed by atoms with Crippen LogP contribution < -0.4 is 10.6 Å². The van der Waals surface area contributed by atoms with Gasteiger partial charge in [-0.05, 0) is 45.4 Å². The molecule has 4 nitrogen and oxygen atoms in total. The molecule has 1 aliphatic rings. The number of piperidine rings is 1. The summed E-state index contributed by atoms with van der Waals surface area (Å²) in [5, 5.41) is 15.0. The van der Waals surface area contributed by atoms with Crippen LogP contribution in [0.5, 0.6) is 0 Å². The Morgan fingerprint density at radius 1 is 1.40 bits per heavy atom. The van der Waals surface area contributed by atoms with Gasteiger partial charge in [0.25, 0.3) is 0 Å². The van der Waals surface area contributed by atoms with Gasteiger partial charge in [0.05, 0.1) is 5.69 Å². The topological polar surface area (TPSA) is 49.8 Å². The highest BCUT2D eigenvalue weighted by atomic mass is 15.2. The molecular formula is C11H18N4. The summed E-state index contributed by atoms with van der Waals surface area (Å²) in [6.07, 6.45) is 2.42. The molecule has 1 saturated heterocycles. The Morgan fingerprint density at radius 3 is 2.93 bits per heavy atom. The molecule has 1 fully saturated rings. The molecule has 0 aromatic carbocycles. The van der Waals surface area contributed by atoms with E-state index in [1.165, 1.54) is 12.8 Å². The third-order valence-corrected chi connectivity index (χ3v) is 2.89. The predicted octanol–water partition coefficient (Wildman–Crippen LogP) is 1.34. The van der Waals surface area contributed by atoms with Crippen LogP contribution in [0.3, 0.4) is 0 Å². The molecule has 2 rings (SSSR count). The first-order chi connectivity index (χ1) is 7.25. The summed E-state index contributed by atoms with van der Waals surface area (Å²) in [5.41, 5.74) is 0.954. The largest absolute Gasteiger partial charge is 0.364 e. The minimum absolute atomic E-state index is 0.468. The Kier molecular flexibility index (Phi) is 3.16. The summed E-state index contributed by atoms with van der Waals surface area (Å²) in [6, 6.07) is 4.94. The monoisotopic (exact) mass is 206 g/mol. The van der Waals surface area contributed by atoms with Crippen molar-refractivity contribution >= 4 is 5.82 Å². The molecule has 4 heteroatoms. The van der Waals surface area contributed by atoms with Crippen LogP contribution >= 0.6 is 0 Å². The molecule has 2 heterocycles. The lowest BCUT2D eigenvalue weighted by Gasteiger charge is -2.30. The zero-order valence-corrected chi connectivity index (χ0v) is 9.33. The van der Waals surface area contributed by atoms with Gasteiger partial charge in [0.1, 0.15) is 5.82 Å². The van der Waals surface area contributed by atoms with Gasteiger partial charge in [0, 0.05) is 12.1 Å². The lowest BCUT2D eigenvalue weighted by atomic mass is 10.00. The normalized spacial score (nSPS) is 26.3. The standard InChI is InChI=1S/C11H18N4/c1-8-5-6-11(15-14-8)13-10-4-3-7-12-9(10)2/h5-6,9-10,12H,3-4,7H2,1-2H3,(H,13,15). The number of rotatable bonds is 2. The van der Waals surface area contributed by atoms with Crippen molar-refractivity contribution < 1.29 is 0 Å². The maximum atomic E-state index is 4.12. The first kappa shape index (κ1) is 10.4. The summed E-state index contributed by atoms with van der Waals surface area (Å²) >= 11 is 0. The summed E-state index contributed by atoms with van der Waals surface area (Å²) in [5.74, 6) is 0.876. The van der Waals surface area contributed by atoms with Gasteiger partial charge in [0.15, 0.2) is 0 Å². The van der Waals surface area contributed by atoms with Crippen molar-refractivity contribution in [3.05, 3.63) is 17.8 Å². The van der Waals surface area contributed by atoms with Crippen LogP contribution in [0.25, 0.3) is 0 Å². The Morgan fingerprint density at radius 2 is 2.27 bits per heavy atom. The second-order valence-corrected chi connectivity index (χ2v) is 4.20. The Bertz CT molecular complexity index is 309. The van der Waals surface area contributed by atoms with Crippen LogP contribution in [0.4, 0.5) is 5.82 Å². The molecule has 0 spiro atoms. The van der Waals surface area contributed by atoms with Crippen LogP contribution in [0.2, 0.25) is 0 Å². The number of nitrogens with one attached hydrogen (secondary N) is 2. The Hall–Kier alpha value is -1.16. The van der Waals surface area contributed by atoms with Crippen molar-refractivity contribution in [1.82, 2.24) is 15.5 Å². The molecule has 15 heavy (non-hydrogen) atoms. The van der Waals surface area contributed by atoms with Crippen LogP contribution in [0.15, 0.2) is 12.1 Å². The van der Waals surface area contributed by atoms with Crippen molar-refractivity contribution in [2.75, 3.05) is 11.9 Å². The van der Waals surface area contributed by atoms with Gasteiger partial charge in [-0.2, -0.15) is 5.10 Å². The first-order valence-electron chi connectivity index (χ1n) is 5.56. The van der Waals surface area contributed by atoms with Crippen molar-refractivity contribution in [2.24, 2.45) is 0 Å². The van der Waals surface area contributed by atoms with Gasteiger partial charge >= 0.3 is 0 Å². The molecule has 1 aromatic heterocycles. The van der Waals surface area contributed by atoms with Gasteiger partial charge in [-0.3, -0.25) is 0 Å². The van der Waals surface area contributed by atoms with Gasteiger partial charge in [-0.25, -0.2) is 0 Å². The fourth-order valence-electron chi connectivity index (χ4n) is 1.91. The van der Waals surface area contributed by atoms with Gasteiger partial charge in [-0.1, -0.05) is 0 Å². The second kappa shape index (κ2) is 4.57. The fourth-order valence-corrected chi connectivity index (χ4v) is 1.91. The number of nitrogens with zero attached hydrogens (tertiary/aromatic N) is 2. The molecule has 1 aromatic rings. The highest BCUT2D eigenvalue weighted by Crippen LogP contribution is 2.13. The number of anilines is 1. The van der Waals surface area contributed by atoms with E-state index >= 15 is 0 Å². The summed E-state index contributed by atoms with van der Waals surface area (Å²) < 4.78 is 0. The maximum Gasteiger partial charge on any atom is 0.148 e. The lowest BCUT2D eigenvalue weighted by Crippen LogP contribution is -2.46. The predicted molar refractivity (Wildman–Crippen MR) is 60.9 cm³/mol. The maximum absolute atomic E-state index is 4.12. The fraction of sp³-hybridized carbons (Fsp3) is 0.636. The van der Waals surface area contributed by atoms with Crippen molar-refractivity contribution in [2.45, 2.75) is 38.8 Å². The SMILES string of the molecule is Cc1ccc(NC2CCCNC2C)nn1. The summed E-state index contributed by atoms with van der Waals surface area (Å²) in [7, 11) is 0. The van der Waals surface area contributed by atoms with E-state index in [-0.39, 0.29) is 0 Å². The van der Waals surface area contributed by atoms with E-state index in [1.807, 2.05) is 19.1 Å². The highest BCUT2D eigenvalue weighted by molar-refractivity contribution is 5.34. The molecule has 0 radical (unpaired) electrons. The average Bonchev–Trinajstić information content (AvgIpc) is 2.25. The van der Waals surface area contributed by atoms with E-state index in [0.29, 0.717) is 12.1 Å². The van der Waals surface area contributed by atoms with E-state index in [2.05, 4.69) is 27.8 Å². The molecule has 0 bridgehead atoms. The lowest BCUT2D eigenvalue weighted by molar-refractivity contribution is 0.388. The molecule has 82 valence electrons. The number of hydrogen-bond acceptors (Lipinski definition) is 4. The minimum atomic E-state index is 0.468. The van der Waals surface area contributed by atoms with E-state index < -0.39 is 0 Å². The molecule has 0 aliphatic carbocycles. The second-order valence-electron chi connectivity index (χ2n) is 4.20. The van der Waals surface area contributed by atoms with Gasteiger partial charge in [0.2, 0.25) is 0 Å². The van der Waals surface area contributed by atoms with Gasteiger partial charge < -0.3 is 10.6 Å². The number of aryl methyl sites for hydroxylation is 1. The Balaban J connectivity index is 1.98. The van der Waals surface area contributed by atoms with Crippen molar-refractivity contribution in [1.29, 1.82) is 0 Å². The molecule has 2 atom stereocenters. The quantitative estimate of drug-likeness (QED) is 0.766. The summed E-state index contributed by atoms with van der Waals surface area (Å²) in [4.78, 5) is 0. The zero-order chi connectivity index (χ0) is 10.7. The molecule has 2 unspecified atom stereocenters. The van der Waals surface area contributed by atoms with Crippen LogP contribution in [0.1, 0.15) is 25.5 Å². The minimum Gasteiger partial charge on any atom is -0.364 e. The molecule has 0 saturated carbocycles. The number of aromatic nitrogens is 2. The van der Waals surface area contributed by atoms with E-state index in [4.69, 9.17) is 0 Å². The van der Waals surface area contributed by atoms with Crippen LogP contribution in [-0.2, 0) is 0 Å². The molecule has 2 N–H and O–H groups in total. The first-order valence-corrected chi connectivity index (χ1v) is 5.56. The van der Waals surface area contributed by atoms with Crippen molar-refractivity contribution in [3.63, 3.8) is 0 Å². The number of hydrogen-bond donors (Lipinski definition) is 2. The van der Waals surface area contributed by atoms with Gasteiger partial charge in [-0.15, -0.1) is 5.10 Å². The Labute approximate surface area is 90.5 Å². The van der Waals surface area contributed by atoms with Crippen LogP contribution in [0, 0.1) is 6.92 Å². The third-order valence-electron chi connectivity index (χ3n) is 2.89. The van der Waals surface area contributed by atoms with E-state index in [0.717, 1.165) is 18.1 Å². The molecule has 1 aliphatic heterocycles.